The number of hydrogen-bond donors (Lipinski definition) is 0. The third kappa shape index (κ3) is 104. The Morgan fingerprint density at radius 2 is 0.917 bits per heavy atom. The molecule has 0 fully saturated rings. The average Bonchev–Trinajstić information content (AvgIpc) is 2.05. The van der Waals surface area contributed by atoms with Crippen LogP contribution < -0.4 is 0 Å². The maximum atomic E-state index is 3.84. The molecule has 0 aliphatic rings. The SMILES string of the molecule is C=C(C)C.C=C(C)C.C=C(C)CC(C)(C)C.CC(C)=CC(C)(C)C. The molecule has 0 aliphatic heterocycles. The first-order chi connectivity index (χ1) is 10.3. The van der Waals surface area contributed by atoms with Gasteiger partial charge < -0.3 is 0 Å². The third-order valence-corrected chi connectivity index (χ3v) is 1.55. The van der Waals surface area contributed by atoms with Crippen molar-refractivity contribution in [3.05, 3.63) is 48.1 Å². The first-order valence-corrected chi connectivity index (χ1v) is 8.85. The summed E-state index contributed by atoms with van der Waals surface area (Å²) < 4.78 is 0. The highest BCUT2D eigenvalue weighted by Gasteiger charge is 2.08. The van der Waals surface area contributed by atoms with E-state index in [-0.39, 0.29) is 0 Å². The van der Waals surface area contributed by atoms with Gasteiger partial charge in [-0.1, -0.05) is 69.9 Å². The molecule has 24 heavy (non-hydrogen) atoms. The van der Waals surface area contributed by atoms with Crippen molar-refractivity contribution in [3.63, 3.8) is 0 Å². The van der Waals surface area contributed by atoms with Gasteiger partial charge in [0.1, 0.15) is 0 Å². The topological polar surface area (TPSA) is 0 Å². The van der Waals surface area contributed by atoms with Crippen molar-refractivity contribution in [3.8, 4) is 0 Å². The first-order valence-electron chi connectivity index (χ1n) is 8.85. The lowest BCUT2D eigenvalue weighted by Gasteiger charge is -2.17. The second kappa shape index (κ2) is 15.5. The van der Waals surface area contributed by atoms with E-state index in [4.69, 9.17) is 0 Å². The molecule has 0 heteroatoms. The Morgan fingerprint density at radius 1 is 0.667 bits per heavy atom. The largest absolute Gasteiger partial charge is 0.100 e. The molecular formula is C24H48. The molecule has 0 N–H and O–H groups in total. The highest BCUT2D eigenvalue weighted by molar-refractivity contribution is 5.00. The van der Waals surface area contributed by atoms with Crippen LogP contribution in [0, 0.1) is 10.8 Å². The Hall–Kier alpha value is -1.04. The van der Waals surface area contributed by atoms with Crippen molar-refractivity contribution in [1.29, 1.82) is 0 Å². The maximum Gasteiger partial charge on any atom is -0.0201 e. The molecule has 0 atom stereocenters. The van der Waals surface area contributed by atoms with Gasteiger partial charge >= 0.3 is 0 Å². The van der Waals surface area contributed by atoms with E-state index in [1.54, 1.807) is 0 Å². The summed E-state index contributed by atoms with van der Waals surface area (Å²) in [5.74, 6) is 0. The molecular weight excluding hydrogens is 288 g/mol. The van der Waals surface area contributed by atoms with Gasteiger partial charge in [-0.15, -0.1) is 19.7 Å². The van der Waals surface area contributed by atoms with Crippen LogP contribution in [0.4, 0.5) is 0 Å². The normalized spacial score (nSPS) is 9.71. The van der Waals surface area contributed by atoms with Crippen molar-refractivity contribution < 1.29 is 0 Å². The minimum atomic E-state index is 0.360. The maximum absolute atomic E-state index is 3.84. The van der Waals surface area contributed by atoms with E-state index < -0.39 is 0 Å². The molecule has 0 rings (SSSR count). The quantitative estimate of drug-likeness (QED) is 0.419. The zero-order valence-electron chi connectivity index (χ0n) is 19.4. The van der Waals surface area contributed by atoms with Crippen molar-refractivity contribution in [1.82, 2.24) is 0 Å². The summed E-state index contributed by atoms with van der Waals surface area (Å²) >= 11 is 0. The monoisotopic (exact) mass is 336 g/mol. The summed E-state index contributed by atoms with van der Waals surface area (Å²) in [6, 6.07) is 0. The fourth-order valence-electron chi connectivity index (χ4n) is 1.77. The Labute approximate surface area is 155 Å². The van der Waals surface area contributed by atoms with Crippen molar-refractivity contribution in [2.75, 3.05) is 0 Å². The Kier molecular flexibility index (Phi) is 19.9. The zero-order chi connectivity index (χ0) is 20.7. The van der Waals surface area contributed by atoms with Crippen LogP contribution in [0.3, 0.4) is 0 Å². The number of allylic oxidation sites excluding steroid dienone is 5. The van der Waals surface area contributed by atoms with Gasteiger partial charge in [-0.3, -0.25) is 0 Å². The predicted octanol–water partition coefficient (Wildman–Crippen LogP) is 9.16. The van der Waals surface area contributed by atoms with Crippen LogP contribution in [0.15, 0.2) is 48.1 Å². The molecule has 0 aromatic heterocycles. The summed E-state index contributed by atoms with van der Waals surface area (Å²) in [5, 5.41) is 0. The predicted molar refractivity (Wildman–Crippen MR) is 119 cm³/mol. The molecule has 0 nitrogen and oxygen atoms in total. The molecule has 144 valence electrons. The Morgan fingerprint density at radius 3 is 0.917 bits per heavy atom. The molecule has 0 heterocycles. The van der Waals surface area contributed by atoms with Crippen LogP contribution in [0.25, 0.3) is 0 Å². The molecule has 0 unspecified atom stereocenters. The van der Waals surface area contributed by atoms with Crippen molar-refractivity contribution in [2.45, 2.75) is 96.4 Å². The van der Waals surface area contributed by atoms with Crippen LogP contribution in [-0.4, -0.2) is 0 Å². The molecule has 0 spiro atoms. The van der Waals surface area contributed by atoms with E-state index in [9.17, 15) is 0 Å². The minimum absolute atomic E-state index is 0.360. The molecule has 0 aromatic carbocycles. The molecule has 0 amide bonds. The first kappa shape index (κ1) is 30.8. The van der Waals surface area contributed by atoms with Gasteiger partial charge in [0, 0.05) is 0 Å². The smallest absolute Gasteiger partial charge is 0.0201 e. The zero-order valence-corrected chi connectivity index (χ0v) is 19.4. The van der Waals surface area contributed by atoms with E-state index in [0.717, 1.165) is 6.42 Å². The van der Waals surface area contributed by atoms with Crippen LogP contribution in [0.5, 0.6) is 0 Å². The molecule has 0 saturated heterocycles. The lowest BCUT2D eigenvalue weighted by atomic mass is 9.89. The van der Waals surface area contributed by atoms with E-state index in [0.29, 0.717) is 10.8 Å². The van der Waals surface area contributed by atoms with Gasteiger partial charge in [0.25, 0.3) is 0 Å². The molecule has 0 radical (unpaired) electrons. The van der Waals surface area contributed by atoms with E-state index in [2.05, 4.69) is 88.1 Å². The van der Waals surface area contributed by atoms with Gasteiger partial charge in [0.2, 0.25) is 0 Å². The fraction of sp³-hybridized carbons (Fsp3) is 0.667. The molecule has 0 saturated carbocycles. The highest BCUT2D eigenvalue weighted by Crippen LogP contribution is 2.22. The van der Waals surface area contributed by atoms with Gasteiger partial charge in [-0.2, -0.15) is 0 Å². The number of hydrogen-bond acceptors (Lipinski definition) is 0. The van der Waals surface area contributed by atoms with Gasteiger partial charge in [0.05, 0.1) is 0 Å². The van der Waals surface area contributed by atoms with Crippen LogP contribution in [-0.2, 0) is 0 Å². The van der Waals surface area contributed by atoms with Crippen molar-refractivity contribution in [2.24, 2.45) is 10.8 Å². The standard InChI is InChI=1S/2C8H16.2C4H8/c2*1-7(2)6-8(3,4)5;2*1-4(2)3/h6H,1-5H3;1,6H2,2-5H3;2*1H2,2-3H3. The highest BCUT2D eigenvalue weighted by atomic mass is 14.1. The summed E-state index contributed by atoms with van der Waals surface area (Å²) in [6.45, 7) is 38.5. The summed E-state index contributed by atoms with van der Waals surface area (Å²) in [5.41, 5.74) is 5.79. The second-order valence-corrected chi connectivity index (χ2v) is 9.70. The van der Waals surface area contributed by atoms with Crippen molar-refractivity contribution >= 4 is 0 Å². The summed E-state index contributed by atoms with van der Waals surface area (Å²) in [6.07, 6.45) is 3.40. The second-order valence-electron chi connectivity index (χ2n) is 9.70. The molecule has 0 aliphatic carbocycles. The van der Waals surface area contributed by atoms with Gasteiger partial charge in [0.15, 0.2) is 0 Å². The lowest BCUT2D eigenvalue weighted by molar-refractivity contribution is 0.410. The number of rotatable bonds is 1. The van der Waals surface area contributed by atoms with Crippen LogP contribution in [0.1, 0.15) is 96.4 Å². The summed E-state index contributed by atoms with van der Waals surface area (Å²) in [4.78, 5) is 0. The van der Waals surface area contributed by atoms with Gasteiger partial charge in [-0.25, -0.2) is 0 Å². The van der Waals surface area contributed by atoms with E-state index >= 15 is 0 Å². The van der Waals surface area contributed by atoms with Crippen LogP contribution in [0.2, 0.25) is 0 Å². The van der Waals surface area contributed by atoms with Gasteiger partial charge in [-0.05, 0) is 65.7 Å². The van der Waals surface area contributed by atoms with Crippen LogP contribution >= 0.6 is 0 Å². The minimum Gasteiger partial charge on any atom is -0.100 e. The fourth-order valence-corrected chi connectivity index (χ4v) is 1.77. The Bertz CT molecular complexity index is 351. The lowest BCUT2D eigenvalue weighted by Crippen LogP contribution is -2.03. The molecule has 0 aromatic rings. The third-order valence-electron chi connectivity index (χ3n) is 1.55. The molecule has 0 bridgehead atoms. The summed E-state index contributed by atoms with van der Waals surface area (Å²) in [7, 11) is 0. The average molecular weight is 337 g/mol. The Balaban J connectivity index is -0.000000117. The van der Waals surface area contributed by atoms with E-state index in [1.807, 2.05) is 27.7 Å². The van der Waals surface area contributed by atoms with E-state index in [1.165, 1.54) is 22.3 Å².